The van der Waals surface area contributed by atoms with E-state index in [0.717, 1.165) is 15.4 Å². The van der Waals surface area contributed by atoms with Crippen LogP contribution in [0.1, 0.15) is 26.3 Å². The molecule has 0 radical (unpaired) electrons. The fraction of sp³-hybridized carbons (Fsp3) is 0.308. The lowest BCUT2D eigenvalue weighted by Crippen LogP contribution is -2.13. The second-order valence-electron chi connectivity index (χ2n) is 4.87. The highest BCUT2D eigenvalue weighted by atomic mass is 79.9. The van der Waals surface area contributed by atoms with Crippen LogP contribution in [0.25, 0.3) is 10.9 Å². The summed E-state index contributed by atoms with van der Waals surface area (Å²) in [5.41, 5.74) is 1.49. The summed E-state index contributed by atoms with van der Waals surface area (Å²) in [6.07, 6.45) is 1.67. The van der Waals surface area contributed by atoms with E-state index in [9.17, 15) is 4.39 Å². The number of para-hydroxylation sites is 1. The number of hydrogen-bond donors (Lipinski definition) is 0. The zero-order chi connectivity index (χ0) is 11.9. The second kappa shape index (κ2) is 3.81. The normalized spacial score (nSPS) is 12.1. The van der Waals surface area contributed by atoms with Gasteiger partial charge in [0.15, 0.2) is 0 Å². The van der Waals surface area contributed by atoms with Gasteiger partial charge >= 0.3 is 0 Å². The first-order valence-corrected chi connectivity index (χ1v) is 5.94. The van der Waals surface area contributed by atoms with Crippen LogP contribution in [0.3, 0.4) is 0 Å². The number of benzene rings is 1. The Kier molecular flexibility index (Phi) is 2.74. The topological polar surface area (TPSA) is 12.9 Å². The van der Waals surface area contributed by atoms with Crippen LogP contribution in [0.2, 0.25) is 0 Å². The zero-order valence-electron chi connectivity index (χ0n) is 9.51. The Morgan fingerprint density at radius 3 is 2.56 bits per heavy atom. The summed E-state index contributed by atoms with van der Waals surface area (Å²) < 4.78 is 14.5. The van der Waals surface area contributed by atoms with E-state index in [2.05, 4.69) is 41.7 Å². The highest BCUT2D eigenvalue weighted by Gasteiger charge is 2.21. The molecule has 0 amide bonds. The summed E-state index contributed by atoms with van der Waals surface area (Å²) in [4.78, 5) is 4.13. The molecule has 0 fully saturated rings. The van der Waals surface area contributed by atoms with Gasteiger partial charge < -0.3 is 0 Å². The van der Waals surface area contributed by atoms with Crippen molar-refractivity contribution in [1.29, 1.82) is 0 Å². The smallest absolute Gasteiger partial charge is 0.149 e. The van der Waals surface area contributed by atoms with Crippen molar-refractivity contribution in [2.24, 2.45) is 0 Å². The Bertz CT molecular complexity index is 543. The highest BCUT2D eigenvalue weighted by Crippen LogP contribution is 2.35. The molecule has 0 N–H and O–H groups in total. The molecule has 1 nitrogen and oxygen atoms in total. The molecule has 0 atom stereocenters. The van der Waals surface area contributed by atoms with Gasteiger partial charge in [-0.15, -0.1) is 0 Å². The van der Waals surface area contributed by atoms with Gasteiger partial charge in [-0.1, -0.05) is 32.9 Å². The quantitative estimate of drug-likeness (QED) is 0.696. The molecule has 0 unspecified atom stereocenters. The van der Waals surface area contributed by atoms with E-state index in [1.165, 1.54) is 6.07 Å². The molecule has 0 aliphatic heterocycles. The lowest BCUT2D eigenvalue weighted by molar-refractivity contribution is 0.591. The minimum absolute atomic E-state index is 0.0478. The zero-order valence-corrected chi connectivity index (χ0v) is 11.1. The van der Waals surface area contributed by atoms with Gasteiger partial charge in [0.2, 0.25) is 0 Å². The number of nitrogens with zero attached hydrogens (tertiary/aromatic N) is 1. The van der Waals surface area contributed by atoms with E-state index in [1.807, 2.05) is 6.07 Å². The molecule has 16 heavy (non-hydrogen) atoms. The van der Waals surface area contributed by atoms with Gasteiger partial charge in [0.05, 0.1) is 0 Å². The average molecular weight is 282 g/mol. The first kappa shape index (κ1) is 11.5. The predicted octanol–water partition coefficient (Wildman–Crippen LogP) is 4.43. The number of rotatable bonds is 0. The van der Waals surface area contributed by atoms with Gasteiger partial charge in [-0.05, 0) is 33.0 Å². The number of halogens is 2. The molecule has 1 aromatic carbocycles. The Morgan fingerprint density at radius 1 is 1.25 bits per heavy atom. The van der Waals surface area contributed by atoms with E-state index in [0.29, 0.717) is 5.52 Å². The van der Waals surface area contributed by atoms with E-state index >= 15 is 0 Å². The van der Waals surface area contributed by atoms with E-state index < -0.39 is 0 Å². The minimum Gasteiger partial charge on any atom is -0.252 e. The number of aromatic nitrogens is 1. The highest BCUT2D eigenvalue weighted by molar-refractivity contribution is 9.10. The minimum atomic E-state index is -0.268. The summed E-state index contributed by atoms with van der Waals surface area (Å²) in [6, 6.07) is 5.08. The van der Waals surface area contributed by atoms with Crippen molar-refractivity contribution in [2.75, 3.05) is 0 Å². The molecule has 2 aromatic rings. The van der Waals surface area contributed by atoms with Crippen LogP contribution in [0.15, 0.2) is 28.9 Å². The third-order valence-electron chi connectivity index (χ3n) is 2.55. The largest absolute Gasteiger partial charge is 0.252 e. The van der Waals surface area contributed by atoms with Crippen molar-refractivity contribution in [2.45, 2.75) is 26.2 Å². The molecule has 0 spiro atoms. The van der Waals surface area contributed by atoms with Crippen LogP contribution >= 0.6 is 15.9 Å². The van der Waals surface area contributed by atoms with Crippen LogP contribution in [0.4, 0.5) is 4.39 Å². The number of fused-ring (bicyclic) bond motifs is 1. The Hall–Kier alpha value is -0.960. The fourth-order valence-electron chi connectivity index (χ4n) is 1.92. The lowest BCUT2D eigenvalue weighted by Gasteiger charge is -2.22. The maximum absolute atomic E-state index is 13.6. The SMILES string of the molecule is CC(C)(C)c1c(Br)cnc2c(F)cccc12. The number of hydrogen-bond acceptors (Lipinski definition) is 1. The van der Waals surface area contributed by atoms with Crippen molar-refractivity contribution in [1.82, 2.24) is 4.98 Å². The molecule has 0 saturated heterocycles. The summed E-state index contributed by atoms with van der Waals surface area (Å²) in [5, 5.41) is 0.877. The number of pyridine rings is 1. The summed E-state index contributed by atoms with van der Waals surface area (Å²) >= 11 is 3.49. The van der Waals surface area contributed by atoms with Crippen LogP contribution in [-0.2, 0) is 5.41 Å². The Balaban J connectivity index is 2.91. The molecular weight excluding hydrogens is 269 g/mol. The molecule has 0 aliphatic carbocycles. The molecule has 84 valence electrons. The maximum Gasteiger partial charge on any atom is 0.149 e. The Labute approximate surface area is 103 Å². The molecule has 1 aromatic heterocycles. The van der Waals surface area contributed by atoms with E-state index in [-0.39, 0.29) is 11.2 Å². The molecule has 0 aliphatic rings. The monoisotopic (exact) mass is 281 g/mol. The summed E-state index contributed by atoms with van der Waals surface area (Å²) in [6.45, 7) is 6.33. The Morgan fingerprint density at radius 2 is 1.94 bits per heavy atom. The maximum atomic E-state index is 13.6. The van der Waals surface area contributed by atoms with Gasteiger partial charge in [0, 0.05) is 16.1 Å². The molecular formula is C13H13BrFN. The molecule has 0 bridgehead atoms. The standard InChI is InChI=1S/C13H13BrFN/c1-13(2,3)11-8-5-4-6-10(15)12(8)16-7-9(11)14/h4-7H,1-3H3. The van der Waals surface area contributed by atoms with Crippen LogP contribution in [0, 0.1) is 5.82 Å². The van der Waals surface area contributed by atoms with E-state index in [4.69, 9.17) is 0 Å². The van der Waals surface area contributed by atoms with Gasteiger partial charge in [-0.3, -0.25) is 4.98 Å². The van der Waals surface area contributed by atoms with Crippen LogP contribution < -0.4 is 0 Å². The molecule has 3 heteroatoms. The van der Waals surface area contributed by atoms with Crippen LogP contribution in [0.5, 0.6) is 0 Å². The van der Waals surface area contributed by atoms with Gasteiger partial charge in [-0.2, -0.15) is 0 Å². The summed E-state index contributed by atoms with van der Waals surface area (Å²) in [5.74, 6) is -0.268. The van der Waals surface area contributed by atoms with Crippen molar-refractivity contribution < 1.29 is 4.39 Å². The molecule has 2 rings (SSSR count). The molecule has 0 saturated carbocycles. The predicted molar refractivity (Wildman–Crippen MR) is 68.1 cm³/mol. The van der Waals surface area contributed by atoms with Crippen molar-refractivity contribution in [3.8, 4) is 0 Å². The first-order valence-electron chi connectivity index (χ1n) is 5.14. The average Bonchev–Trinajstić information content (AvgIpc) is 2.15. The van der Waals surface area contributed by atoms with E-state index in [1.54, 1.807) is 12.3 Å². The van der Waals surface area contributed by atoms with Crippen molar-refractivity contribution >= 4 is 26.8 Å². The van der Waals surface area contributed by atoms with Gasteiger partial charge in [0.25, 0.3) is 0 Å². The van der Waals surface area contributed by atoms with Crippen molar-refractivity contribution in [3.63, 3.8) is 0 Å². The fourth-order valence-corrected chi connectivity index (χ4v) is 2.84. The lowest BCUT2D eigenvalue weighted by atomic mass is 9.85. The first-order chi connectivity index (χ1) is 7.41. The van der Waals surface area contributed by atoms with Crippen LogP contribution in [-0.4, -0.2) is 4.98 Å². The molecule has 1 heterocycles. The summed E-state index contributed by atoms with van der Waals surface area (Å²) in [7, 11) is 0. The second-order valence-corrected chi connectivity index (χ2v) is 5.72. The third kappa shape index (κ3) is 1.84. The third-order valence-corrected chi connectivity index (χ3v) is 3.15. The van der Waals surface area contributed by atoms with Gasteiger partial charge in [-0.25, -0.2) is 4.39 Å². The van der Waals surface area contributed by atoms with Crippen molar-refractivity contribution in [3.05, 3.63) is 40.2 Å². The van der Waals surface area contributed by atoms with Gasteiger partial charge in [0.1, 0.15) is 11.3 Å².